The van der Waals surface area contributed by atoms with Gasteiger partial charge in [-0.25, -0.2) is 9.59 Å². The number of hydrogen-bond donors (Lipinski definition) is 19. The minimum atomic E-state index is -1.75. The van der Waals surface area contributed by atoms with E-state index in [-0.39, 0.29) is 39.3 Å². The molecule has 6 fully saturated rings. The number of methoxy groups -OCH3 is 4. The molecule has 29 atom stereocenters. The van der Waals surface area contributed by atoms with Crippen LogP contribution in [0, 0.1) is 11.8 Å². The summed E-state index contributed by atoms with van der Waals surface area (Å²) in [6.07, 6.45) is -34.3. The minimum Gasteiger partial charge on any atom is -0.479 e. The zero-order valence-corrected chi connectivity index (χ0v) is 45.4. The average molecular weight is 1190 g/mol. The van der Waals surface area contributed by atoms with Crippen LogP contribution in [0.2, 0.25) is 0 Å². The number of hydrogen-bond acceptors (Lipinski definition) is 32. The fourth-order valence-corrected chi connectivity index (χ4v) is 9.76. The van der Waals surface area contributed by atoms with Crippen molar-refractivity contribution in [3.8, 4) is 0 Å². The number of carbonyl (C=O) groups is 2. The quantitative estimate of drug-likeness (QED) is 0.0507. The molecule has 0 aromatic rings. The molecular weight excluding hydrogens is 1110 g/mol. The molecule has 6 rings (SSSR count). The van der Waals surface area contributed by atoms with E-state index in [1.165, 1.54) is 21.3 Å². The number of aliphatic carboxylic acids is 2. The molecule has 20 N–H and O–H groups in total. The van der Waals surface area contributed by atoms with Crippen LogP contribution < -0.4 is 5.73 Å². The third-order valence-electron chi connectivity index (χ3n) is 14.9. The van der Waals surface area contributed by atoms with Gasteiger partial charge in [0, 0.05) is 53.1 Å². The molecule has 0 aromatic heterocycles. The van der Waals surface area contributed by atoms with Crippen LogP contribution in [0.4, 0.5) is 0 Å². The summed E-state index contributed by atoms with van der Waals surface area (Å²) in [6.45, 7) is 1.23. The monoisotopic (exact) mass is 1190 g/mol. The first-order chi connectivity index (χ1) is 38.1. The highest BCUT2D eigenvalue weighted by molar-refractivity contribution is 5.74. The van der Waals surface area contributed by atoms with Crippen LogP contribution in [0.25, 0.3) is 0 Å². The number of carboxylic acid groups (broad SMARTS) is 2. The lowest BCUT2D eigenvalue weighted by Crippen LogP contribution is -2.63. The van der Waals surface area contributed by atoms with Gasteiger partial charge in [0.25, 0.3) is 0 Å². The van der Waals surface area contributed by atoms with Crippen LogP contribution in [0.1, 0.15) is 26.7 Å². The first kappa shape index (κ1) is 71.2. The van der Waals surface area contributed by atoms with Crippen LogP contribution >= 0.6 is 0 Å². The molecule has 0 spiro atoms. The van der Waals surface area contributed by atoms with Gasteiger partial charge in [-0.2, -0.15) is 0 Å². The molecule has 81 heavy (non-hydrogen) atoms. The van der Waals surface area contributed by atoms with Crippen molar-refractivity contribution in [2.75, 3.05) is 74.7 Å². The number of nitrogens with two attached hydrogens (primary N) is 1. The molecule has 11 unspecified atom stereocenters. The summed E-state index contributed by atoms with van der Waals surface area (Å²) in [5, 5.41) is 178. The molecule has 6 saturated heterocycles. The van der Waals surface area contributed by atoms with Gasteiger partial charge >= 0.3 is 11.9 Å². The molecular formula is C47H85NO33. The first-order valence-electron chi connectivity index (χ1n) is 25.8. The zero-order chi connectivity index (χ0) is 61.0. The molecule has 0 aromatic carbocycles. The Morgan fingerprint density at radius 3 is 1.44 bits per heavy atom. The van der Waals surface area contributed by atoms with Crippen molar-refractivity contribution in [1.82, 2.24) is 0 Å². The van der Waals surface area contributed by atoms with Gasteiger partial charge in [-0.3, -0.25) is 0 Å². The lowest BCUT2D eigenvalue weighted by molar-refractivity contribution is -0.335. The van der Waals surface area contributed by atoms with Crippen LogP contribution in [0.3, 0.4) is 0 Å². The van der Waals surface area contributed by atoms with Gasteiger partial charge in [0.15, 0.2) is 37.4 Å². The predicted octanol–water partition coefficient (Wildman–Crippen LogP) is -10.6. The maximum atomic E-state index is 11.4. The number of ether oxygens (including phenoxy) is 13. The Bertz CT molecular complexity index is 1840. The van der Waals surface area contributed by atoms with E-state index in [1.807, 2.05) is 0 Å². The van der Waals surface area contributed by atoms with Crippen molar-refractivity contribution >= 4 is 11.9 Å². The van der Waals surface area contributed by atoms with E-state index in [2.05, 4.69) is 0 Å². The second-order valence-corrected chi connectivity index (χ2v) is 20.8. The molecule has 476 valence electrons. The van der Waals surface area contributed by atoms with Crippen molar-refractivity contribution in [1.29, 1.82) is 0 Å². The Labute approximate surface area is 464 Å². The molecule has 34 nitrogen and oxygen atoms in total. The molecule has 0 amide bonds. The molecule has 0 bridgehead atoms. The Morgan fingerprint density at radius 1 is 0.481 bits per heavy atom. The number of rotatable bonds is 21. The molecule has 6 aliphatic rings. The zero-order valence-electron chi connectivity index (χ0n) is 45.4. The van der Waals surface area contributed by atoms with E-state index >= 15 is 0 Å². The van der Waals surface area contributed by atoms with Crippen molar-refractivity contribution in [2.45, 2.75) is 198 Å². The summed E-state index contributed by atoms with van der Waals surface area (Å²) in [5.74, 6) is -4.66. The van der Waals surface area contributed by atoms with Crippen LogP contribution in [0.15, 0.2) is 0 Å². The Hall–Kier alpha value is -2.26. The van der Waals surface area contributed by atoms with Crippen molar-refractivity contribution in [3.63, 3.8) is 0 Å². The highest BCUT2D eigenvalue weighted by atomic mass is 16.7. The molecule has 6 aliphatic heterocycles. The van der Waals surface area contributed by atoms with E-state index in [9.17, 15) is 91.3 Å². The van der Waals surface area contributed by atoms with Crippen LogP contribution in [0.5, 0.6) is 0 Å². The lowest BCUT2D eigenvalue weighted by atomic mass is 9.87. The van der Waals surface area contributed by atoms with Gasteiger partial charge in [-0.05, 0) is 13.8 Å². The molecule has 6 heterocycles. The molecule has 34 heteroatoms. The summed E-state index contributed by atoms with van der Waals surface area (Å²) < 4.78 is 68.7. The van der Waals surface area contributed by atoms with Crippen LogP contribution in [-0.2, 0) is 71.2 Å². The minimum absolute atomic E-state index is 0.126. The summed E-state index contributed by atoms with van der Waals surface area (Å²) >= 11 is 0. The lowest BCUT2D eigenvalue weighted by Gasteiger charge is -2.44. The van der Waals surface area contributed by atoms with E-state index in [0.717, 1.165) is 7.11 Å². The normalized spacial score (nSPS) is 45.0. The van der Waals surface area contributed by atoms with Crippen molar-refractivity contribution in [3.05, 3.63) is 0 Å². The number of aliphatic hydroxyl groups is 16. The third kappa shape index (κ3) is 17.9. The van der Waals surface area contributed by atoms with Gasteiger partial charge < -0.3 is 159 Å². The summed E-state index contributed by atoms with van der Waals surface area (Å²) in [6, 6.07) is -1.04. The van der Waals surface area contributed by atoms with E-state index < -0.39 is 215 Å². The van der Waals surface area contributed by atoms with Gasteiger partial charge in [0.05, 0.1) is 94.5 Å². The molecule has 0 saturated carbocycles. The second-order valence-electron chi connectivity index (χ2n) is 20.8. The first-order valence-corrected chi connectivity index (χ1v) is 25.8. The van der Waals surface area contributed by atoms with E-state index in [4.69, 9.17) is 77.5 Å². The smallest absolute Gasteiger partial charge is 0.335 e. The Balaban J connectivity index is 0.000000311. The topological polar surface area (TPSA) is 544 Å². The van der Waals surface area contributed by atoms with Gasteiger partial charge in [-0.1, -0.05) is 0 Å². The van der Waals surface area contributed by atoms with Gasteiger partial charge in [0.1, 0.15) is 85.5 Å². The molecule has 0 aliphatic carbocycles. The Morgan fingerprint density at radius 2 is 0.951 bits per heavy atom. The van der Waals surface area contributed by atoms with E-state index in [0.29, 0.717) is 0 Å². The summed E-state index contributed by atoms with van der Waals surface area (Å²) in [4.78, 5) is 22.7. The maximum absolute atomic E-state index is 11.4. The molecule has 0 radical (unpaired) electrons. The number of aliphatic hydroxyl groups excluding tert-OH is 16. The standard InChI is InChI=1S/C27H50O16.C14H22O12.C6H13NO5/c1-27(2,38-4)5-14-21(32)24(35)23(34)18(41-14)11-39-8-12-15(6-28)42-17(22(33)19(12)30)10-40-9-13-16(7-29)43-26(37-3)25(36)20(13)31;1-22-5-3-4(15)8(10(24-5)12(18)19)25-14-7(17)6(16)9(23-2)11(26-14)13(20)21;7-3-5(10)4(9)2(1-8)12-6(3)11/h12-26,28-36H,5-11H2,1-4H3;4-11,14-17H,3H2,1-2H3,(H,18,19)(H,20,21);2-6,8-11H,1,7H2/t12-,13-,14?,15?,16?,17-,18-,19+,20+,21-,22?,23?,24+,25?,26+;4-,5-,6-,7?,8+,9+,10?,11?,14-;2?,3?,4-,5-,6-/m111/s1. The number of carboxylic acids is 2. The van der Waals surface area contributed by atoms with Gasteiger partial charge in [-0.15, -0.1) is 0 Å². The van der Waals surface area contributed by atoms with Crippen LogP contribution in [-0.4, -0.2) is 350 Å². The van der Waals surface area contributed by atoms with E-state index in [1.54, 1.807) is 13.8 Å². The summed E-state index contributed by atoms with van der Waals surface area (Å²) in [7, 11) is 5.19. The largest absolute Gasteiger partial charge is 0.479 e. The van der Waals surface area contributed by atoms with Gasteiger partial charge in [0.2, 0.25) is 0 Å². The SMILES string of the molecule is CO[C@H]1C[C@@H](O)[C@H](O[C@@H]2OC(C(=O)O)[C@@H](OC)[C@H](O)C2O)C(C(=O)O)O1.CO[C@H]1OC(CO)[C@@H](COC[C@H]2OC(CO)[C@@H](COC[C@H]3OC(CC(C)(C)OC)[C@@H](O)[C@H](O)C3O)[C@H](O)C2O)[C@H](O)C1O.NC1[C@H](O)OC(CO)[C@@H](O)[C@@H]1O. The van der Waals surface area contributed by atoms with Crippen molar-refractivity contribution < 1.29 is 163 Å². The Kier molecular flexibility index (Phi) is 28.6. The fourth-order valence-electron chi connectivity index (χ4n) is 9.76. The predicted molar refractivity (Wildman–Crippen MR) is 259 cm³/mol. The highest BCUT2D eigenvalue weighted by Crippen LogP contribution is 2.34. The second kappa shape index (κ2) is 32.5. The highest BCUT2D eigenvalue weighted by Gasteiger charge is 2.53. The summed E-state index contributed by atoms with van der Waals surface area (Å²) in [5.41, 5.74) is 4.59. The maximum Gasteiger partial charge on any atom is 0.335 e. The average Bonchev–Trinajstić information content (AvgIpc) is 3.45. The van der Waals surface area contributed by atoms with Crippen molar-refractivity contribution in [2.24, 2.45) is 17.6 Å². The fraction of sp³-hybridized carbons (Fsp3) is 0.957. The third-order valence-corrected chi connectivity index (χ3v) is 14.9.